The molecule has 1 aliphatic carbocycles. The third-order valence-corrected chi connectivity index (χ3v) is 4.87. The molecule has 0 aromatic rings. The highest BCUT2D eigenvalue weighted by molar-refractivity contribution is 5.38. The van der Waals surface area contributed by atoms with Gasteiger partial charge in [-0.3, -0.25) is 0 Å². The fourth-order valence-corrected chi connectivity index (χ4v) is 3.15. The van der Waals surface area contributed by atoms with Crippen LogP contribution in [-0.2, 0) is 0 Å². The first kappa shape index (κ1) is 11.8. The van der Waals surface area contributed by atoms with Crippen LogP contribution < -0.4 is 0 Å². The van der Waals surface area contributed by atoms with Crippen LogP contribution in [-0.4, -0.2) is 17.0 Å². The molecular formula is C15H25N. The SMILES string of the molecule is C=C(C1C=C1C)N1CCCC1(C)C(C)CC. The van der Waals surface area contributed by atoms with Gasteiger partial charge >= 0.3 is 0 Å². The van der Waals surface area contributed by atoms with Crippen molar-refractivity contribution in [3.05, 3.63) is 23.9 Å². The Bertz CT molecular complexity index is 328. The molecule has 2 aliphatic rings. The summed E-state index contributed by atoms with van der Waals surface area (Å²) in [6.07, 6.45) is 6.24. The number of likely N-dealkylation sites (tertiary alicyclic amines) is 1. The molecule has 0 saturated carbocycles. The van der Waals surface area contributed by atoms with Gasteiger partial charge in [-0.15, -0.1) is 0 Å². The van der Waals surface area contributed by atoms with E-state index >= 15 is 0 Å². The largest absolute Gasteiger partial charge is 0.369 e. The van der Waals surface area contributed by atoms with Gasteiger partial charge in [0.05, 0.1) is 0 Å². The first-order valence-electron chi connectivity index (χ1n) is 6.65. The van der Waals surface area contributed by atoms with Crippen LogP contribution in [0.2, 0.25) is 0 Å². The molecule has 0 radical (unpaired) electrons. The summed E-state index contributed by atoms with van der Waals surface area (Å²) in [5, 5.41) is 0. The molecule has 3 unspecified atom stereocenters. The summed E-state index contributed by atoms with van der Waals surface area (Å²) in [7, 11) is 0. The molecular weight excluding hydrogens is 194 g/mol. The third kappa shape index (κ3) is 1.70. The minimum Gasteiger partial charge on any atom is -0.369 e. The van der Waals surface area contributed by atoms with Gasteiger partial charge in [0.2, 0.25) is 0 Å². The van der Waals surface area contributed by atoms with E-state index in [9.17, 15) is 0 Å². The molecule has 0 aromatic heterocycles. The van der Waals surface area contributed by atoms with Crippen LogP contribution in [0.25, 0.3) is 0 Å². The minimum absolute atomic E-state index is 0.350. The average Bonchev–Trinajstić information content (AvgIpc) is 2.85. The monoisotopic (exact) mass is 219 g/mol. The quantitative estimate of drug-likeness (QED) is 0.647. The third-order valence-electron chi connectivity index (χ3n) is 4.87. The Hall–Kier alpha value is -0.720. The van der Waals surface area contributed by atoms with Gasteiger partial charge in [-0.05, 0) is 32.6 Å². The van der Waals surface area contributed by atoms with E-state index in [2.05, 4.69) is 45.2 Å². The van der Waals surface area contributed by atoms with Crippen LogP contribution in [0.4, 0.5) is 0 Å². The maximum atomic E-state index is 4.34. The van der Waals surface area contributed by atoms with Crippen molar-refractivity contribution in [3.63, 3.8) is 0 Å². The van der Waals surface area contributed by atoms with Gasteiger partial charge < -0.3 is 4.90 Å². The Labute approximate surface area is 100 Å². The summed E-state index contributed by atoms with van der Waals surface area (Å²) in [6, 6.07) is 0. The normalized spacial score (nSPS) is 34.9. The molecule has 1 nitrogen and oxygen atoms in total. The van der Waals surface area contributed by atoms with Crippen LogP contribution in [0.5, 0.6) is 0 Å². The molecule has 16 heavy (non-hydrogen) atoms. The summed E-state index contributed by atoms with van der Waals surface area (Å²) >= 11 is 0. The van der Waals surface area contributed by atoms with Gasteiger partial charge in [0.15, 0.2) is 0 Å². The second-order valence-electron chi connectivity index (χ2n) is 5.80. The number of rotatable bonds is 4. The van der Waals surface area contributed by atoms with Crippen molar-refractivity contribution in [2.24, 2.45) is 11.8 Å². The van der Waals surface area contributed by atoms with E-state index < -0.39 is 0 Å². The zero-order valence-corrected chi connectivity index (χ0v) is 11.2. The molecule has 0 amide bonds. The van der Waals surface area contributed by atoms with E-state index in [1.807, 2.05) is 0 Å². The van der Waals surface area contributed by atoms with Crippen molar-refractivity contribution >= 4 is 0 Å². The second-order valence-corrected chi connectivity index (χ2v) is 5.80. The molecule has 1 heteroatoms. The van der Waals surface area contributed by atoms with E-state index in [0.29, 0.717) is 11.5 Å². The minimum atomic E-state index is 0.350. The van der Waals surface area contributed by atoms with Crippen LogP contribution >= 0.6 is 0 Å². The molecule has 0 aromatic carbocycles. The van der Waals surface area contributed by atoms with Crippen LogP contribution in [0.15, 0.2) is 23.9 Å². The molecule has 0 N–H and O–H groups in total. The summed E-state index contributed by atoms with van der Waals surface area (Å²) in [5.74, 6) is 1.34. The van der Waals surface area contributed by atoms with Crippen LogP contribution in [0.1, 0.15) is 47.0 Å². The standard InChI is InChI=1S/C15H25N/c1-6-12(3)15(5)8-7-9-16(15)13(4)14-10-11(14)2/h10,12,14H,4,6-9H2,1-3,5H3. The van der Waals surface area contributed by atoms with Crippen molar-refractivity contribution in [1.29, 1.82) is 0 Å². The molecule has 1 aliphatic heterocycles. The fourth-order valence-electron chi connectivity index (χ4n) is 3.15. The van der Waals surface area contributed by atoms with E-state index in [1.165, 1.54) is 37.1 Å². The average molecular weight is 219 g/mol. The van der Waals surface area contributed by atoms with Gasteiger partial charge in [-0.1, -0.05) is 38.5 Å². The molecule has 1 heterocycles. The number of nitrogens with zero attached hydrogens (tertiary/aromatic N) is 1. The van der Waals surface area contributed by atoms with E-state index in [1.54, 1.807) is 0 Å². The van der Waals surface area contributed by atoms with Crippen molar-refractivity contribution in [3.8, 4) is 0 Å². The van der Waals surface area contributed by atoms with Crippen molar-refractivity contribution in [1.82, 2.24) is 4.90 Å². The summed E-state index contributed by atoms with van der Waals surface area (Å²) in [5.41, 5.74) is 3.20. The molecule has 1 saturated heterocycles. The number of hydrogen-bond acceptors (Lipinski definition) is 1. The molecule has 3 atom stereocenters. The Balaban J connectivity index is 2.11. The van der Waals surface area contributed by atoms with Crippen molar-refractivity contribution < 1.29 is 0 Å². The van der Waals surface area contributed by atoms with Gasteiger partial charge in [0.1, 0.15) is 0 Å². The van der Waals surface area contributed by atoms with E-state index in [4.69, 9.17) is 0 Å². The summed E-state index contributed by atoms with van der Waals surface area (Å²) in [6.45, 7) is 14.9. The Morgan fingerprint density at radius 2 is 2.31 bits per heavy atom. The topological polar surface area (TPSA) is 3.24 Å². The highest BCUT2D eigenvalue weighted by Gasteiger charge is 2.43. The van der Waals surface area contributed by atoms with Crippen LogP contribution in [0.3, 0.4) is 0 Å². The first-order valence-corrected chi connectivity index (χ1v) is 6.65. The molecule has 2 rings (SSSR count). The van der Waals surface area contributed by atoms with Gasteiger partial charge in [-0.25, -0.2) is 0 Å². The highest BCUT2D eigenvalue weighted by Crippen LogP contribution is 2.45. The molecule has 0 bridgehead atoms. The predicted octanol–water partition coefficient (Wildman–Crippen LogP) is 3.98. The first-order chi connectivity index (χ1) is 7.50. The van der Waals surface area contributed by atoms with E-state index in [-0.39, 0.29) is 0 Å². The zero-order chi connectivity index (χ0) is 11.9. The summed E-state index contributed by atoms with van der Waals surface area (Å²) in [4.78, 5) is 2.60. The summed E-state index contributed by atoms with van der Waals surface area (Å²) < 4.78 is 0. The lowest BCUT2D eigenvalue weighted by Gasteiger charge is -2.43. The molecule has 1 fully saturated rings. The zero-order valence-electron chi connectivity index (χ0n) is 11.2. The Kier molecular flexibility index (Phi) is 2.90. The van der Waals surface area contributed by atoms with Crippen LogP contribution in [0, 0.1) is 11.8 Å². The van der Waals surface area contributed by atoms with Gasteiger partial charge in [0.25, 0.3) is 0 Å². The van der Waals surface area contributed by atoms with Gasteiger partial charge in [0, 0.05) is 23.7 Å². The lowest BCUT2D eigenvalue weighted by Crippen LogP contribution is -2.45. The highest BCUT2D eigenvalue weighted by atomic mass is 15.2. The van der Waals surface area contributed by atoms with Crippen molar-refractivity contribution in [2.75, 3.05) is 6.54 Å². The number of hydrogen-bond donors (Lipinski definition) is 0. The predicted molar refractivity (Wildman–Crippen MR) is 70.2 cm³/mol. The Morgan fingerprint density at radius 3 is 2.81 bits per heavy atom. The van der Waals surface area contributed by atoms with Crippen molar-refractivity contribution in [2.45, 2.75) is 52.5 Å². The fraction of sp³-hybridized carbons (Fsp3) is 0.733. The van der Waals surface area contributed by atoms with Gasteiger partial charge in [-0.2, -0.15) is 0 Å². The maximum absolute atomic E-state index is 4.34. The second kappa shape index (κ2) is 3.94. The Morgan fingerprint density at radius 1 is 1.69 bits per heavy atom. The maximum Gasteiger partial charge on any atom is 0.0397 e. The molecule has 0 spiro atoms. The smallest absolute Gasteiger partial charge is 0.0397 e. The van der Waals surface area contributed by atoms with E-state index in [0.717, 1.165) is 5.92 Å². The molecule has 90 valence electrons. The lowest BCUT2D eigenvalue weighted by molar-refractivity contribution is 0.126. The number of allylic oxidation sites excluding steroid dienone is 1. The lowest BCUT2D eigenvalue weighted by atomic mass is 9.82.